The van der Waals surface area contributed by atoms with E-state index >= 15 is 0 Å². The molecule has 3 aliphatic rings. The minimum Gasteiger partial charge on any atom is -0.368 e. The van der Waals surface area contributed by atoms with Crippen LogP contribution < -0.4 is 26.2 Å². The smallest absolute Gasteiger partial charge is 0.257 e. The molecule has 7 rings (SSSR count). The van der Waals surface area contributed by atoms with Gasteiger partial charge in [0.1, 0.15) is 0 Å². The van der Waals surface area contributed by atoms with Crippen molar-refractivity contribution in [2.75, 3.05) is 52.3 Å². The Labute approximate surface area is 239 Å². The van der Waals surface area contributed by atoms with E-state index in [1.54, 1.807) is 6.20 Å². The number of H-pyrrole nitrogens is 1. The average Bonchev–Trinajstić information content (AvgIpc) is 3.79. The van der Waals surface area contributed by atoms with Gasteiger partial charge in [-0.2, -0.15) is 5.10 Å². The number of amides is 1. The monoisotopic (exact) mass is 554 g/mol. The third kappa shape index (κ3) is 5.06. The normalized spacial score (nSPS) is 19.4. The molecule has 1 aliphatic carbocycles. The molecule has 5 N–H and O–H groups in total. The van der Waals surface area contributed by atoms with E-state index in [1.807, 2.05) is 30.5 Å². The second kappa shape index (κ2) is 10.6. The van der Waals surface area contributed by atoms with Gasteiger partial charge >= 0.3 is 0 Å². The molecule has 4 heterocycles. The maximum atomic E-state index is 13.8. The summed E-state index contributed by atoms with van der Waals surface area (Å²) in [6.45, 7) is 8.14. The van der Waals surface area contributed by atoms with Crippen molar-refractivity contribution >= 4 is 45.5 Å². The van der Waals surface area contributed by atoms with E-state index in [0.29, 0.717) is 17.6 Å². The molecule has 2 aromatic carbocycles. The van der Waals surface area contributed by atoms with Crippen molar-refractivity contribution in [3.05, 3.63) is 54.5 Å². The summed E-state index contributed by atoms with van der Waals surface area (Å²) in [5, 5.41) is 21.8. The molecule has 11 nitrogen and oxygen atoms in total. The number of anilines is 5. The van der Waals surface area contributed by atoms with Gasteiger partial charge in [0.25, 0.3) is 5.91 Å². The highest BCUT2D eigenvalue weighted by atomic mass is 16.1. The molecular weight excluding hydrogens is 516 g/mol. The summed E-state index contributed by atoms with van der Waals surface area (Å²) in [5.74, 6) is 0.717. The average molecular weight is 555 g/mol. The zero-order valence-electron chi connectivity index (χ0n) is 23.7. The lowest BCUT2D eigenvalue weighted by atomic mass is 10.1. The molecule has 1 saturated heterocycles. The van der Waals surface area contributed by atoms with Crippen LogP contribution in [-0.2, 0) is 0 Å². The summed E-state index contributed by atoms with van der Waals surface area (Å²) < 4.78 is 2.26. The largest absolute Gasteiger partial charge is 0.368 e. The number of nitrogens with zero attached hydrogens (tertiary/aromatic N) is 5. The van der Waals surface area contributed by atoms with Gasteiger partial charge in [-0.25, -0.2) is 4.98 Å². The number of hydrogen-bond acceptors (Lipinski definition) is 8. The predicted molar refractivity (Wildman–Crippen MR) is 164 cm³/mol. The molecule has 11 heteroatoms. The van der Waals surface area contributed by atoms with E-state index in [4.69, 9.17) is 0 Å². The molecule has 0 bridgehead atoms. The van der Waals surface area contributed by atoms with Crippen LogP contribution in [0.4, 0.5) is 28.7 Å². The Bertz CT molecular complexity index is 1540. The molecule has 1 atom stereocenters. The number of aromatic nitrogens is 4. The van der Waals surface area contributed by atoms with E-state index in [-0.39, 0.29) is 12.2 Å². The minimum atomic E-state index is -0.237. The lowest BCUT2D eigenvalue weighted by Gasteiger charge is -2.38. The molecule has 41 heavy (non-hydrogen) atoms. The first kappa shape index (κ1) is 25.7. The van der Waals surface area contributed by atoms with Crippen LogP contribution in [0, 0.1) is 0 Å². The number of aromatic amines is 1. The predicted octanol–water partition coefficient (Wildman–Crippen LogP) is 4.89. The van der Waals surface area contributed by atoms with E-state index in [2.05, 4.69) is 76.9 Å². The molecule has 214 valence electrons. The van der Waals surface area contributed by atoms with Crippen molar-refractivity contribution in [2.45, 2.75) is 57.9 Å². The van der Waals surface area contributed by atoms with Gasteiger partial charge in [0.05, 0.1) is 34.3 Å². The fourth-order valence-corrected chi connectivity index (χ4v) is 6.41. The maximum absolute atomic E-state index is 13.8. The summed E-state index contributed by atoms with van der Waals surface area (Å²) in [4.78, 5) is 23.2. The number of nitrogens with one attached hydrogen (secondary N) is 5. The molecule has 0 spiro atoms. The summed E-state index contributed by atoms with van der Waals surface area (Å²) in [6.07, 6.45) is 10.4. The van der Waals surface area contributed by atoms with Crippen molar-refractivity contribution in [3.8, 4) is 0 Å². The van der Waals surface area contributed by atoms with Crippen LogP contribution in [0.25, 0.3) is 10.9 Å². The van der Waals surface area contributed by atoms with Gasteiger partial charge in [-0.15, -0.1) is 0 Å². The molecule has 0 radical (unpaired) electrons. The Kier molecular flexibility index (Phi) is 6.66. The first-order valence-corrected chi connectivity index (χ1v) is 14.8. The standard InChI is InChI=1S/C30H38N10O/c1-19(2)38-11-13-39(14-12-38)27-17-26-25(16-23(27)28(41)33-21-8-7-20-18-32-37-24(20)15-21)34-29(35-26)36-30-31-9-10-40(30)22-5-3-4-6-22/h7-10,15-19,22,29,34-35H,3-6,11-14H2,1-2H3,(H,31,36)(H,32,37)(H,33,41). The number of carbonyl (C=O) groups excluding carboxylic acids is 1. The number of hydrogen-bond donors (Lipinski definition) is 5. The van der Waals surface area contributed by atoms with Crippen LogP contribution in [-0.4, -0.2) is 69.1 Å². The van der Waals surface area contributed by atoms with E-state index in [1.165, 1.54) is 25.7 Å². The zero-order chi connectivity index (χ0) is 27.9. The van der Waals surface area contributed by atoms with E-state index in [0.717, 1.165) is 65.8 Å². The van der Waals surface area contributed by atoms with Crippen molar-refractivity contribution in [2.24, 2.45) is 0 Å². The summed E-state index contributed by atoms with van der Waals surface area (Å²) >= 11 is 0. The second-order valence-electron chi connectivity index (χ2n) is 11.6. The lowest BCUT2D eigenvalue weighted by molar-refractivity contribution is 0.102. The molecule has 1 unspecified atom stereocenters. The van der Waals surface area contributed by atoms with Crippen molar-refractivity contribution in [1.82, 2.24) is 24.6 Å². The highest BCUT2D eigenvalue weighted by molar-refractivity contribution is 6.10. The molecule has 1 saturated carbocycles. The summed E-state index contributed by atoms with van der Waals surface area (Å²) in [7, 11) is 0. The van der Waals surface area contributed by atoms with Crippen molar-refractivity contribution in [1.29, 1.82) is 0 Å². The van der Waals surface area contributed by atoms with Crippen LogP contribution in [0.2, 0.25) is 0 Å². The number of imidazole rings is 1. The van der Waals surface area contributed by atoms with E-state index < -0.39 is 0 Å². The summed E-state index contributed by atoms with van der Waals surface area (Å²) in [5.41, 5.74) is 5.06. The molecule has 2 aromatic heterocycles. The zero-order valence-corrected chi connectivity index (χ0v) is 23.7. The van der Waals surface area contributed by atoms with Gasteiger partial charge in [-0.1, -0.05) is 12.8 Å². The van der Waals surface area contributed by atoms with Crippen molar-refractivity contribution in [3.63, 3.8) is 0 Å². The summed E-state index contributed by atoms with van der Waals surface area (Å²) in [6, 6.07) is 10.9. The Morgan fingerprint density at radius 1 is 1.02 bits per heavy atom. The van der Waals surface area contributed by atoms with Gasteiger partial charge in [0.2, 0.25) is 5.95 Å². The Hall–Kier alpha value is -4.25. The topological polar surface area (TPSA) is 118 Å². The van der Waals surface area contributed by atoms with Crippen LogP contribution in [0.5, 0.6) is 0 Å². The van der Waals surface area contributed by atoms with Crippen LogP contribution in [0.1, 0.15) is 55.9 Å². The van der Waals surface area contributed by atoms with Crippen molar-refractivity contribution < 1.29 is 4.79 Å². The van der Waals surface area contributed by atoms with Gasteiger partial charge in [0, 0.05) is 61.7 Å². The number of fused-ring (bicyclic) bond motifs is 2. The van der Waals surface area contributed by atoms with Crippen LogP contribution >= 0.6 is 0 Å². The Morgan fingerprint density at radius 2 is 1.80 bits per heavy atom. The molecule has 2 aliphatic heterocycles. The van der Waals surface area contributed by atoms with Gasteiger partial charge in [0.15, 0.2) is 6.29 Å². The van der Waals surface area contributed by atoms with Gasteiger partial charge < -0.3 is 30.7 Å². The first-order valence-electron chi connectivity index (χ1n) is 14.8. The fraction of sp³-hybridized carbons (Fsp3) is 0.433. The lowest BCUT2D eigenvalue weighted by Crippen LogP contribution is -2.49. The number of piperazine rings is 1. The fourth-order valence-electron chi connectivity index (χ4n) is 6.41. The van der Waals surface area contributed by atoms with E-state index in [9.17, 15) is 4.79 Å². The van der Waals surface area contributed by atoms with Crippen LogP contribution in [0.15, 0.2) is 48.9 Å². The maximum Gasteiger partial charge on any atom is 0.257 e. The third-order valence-electron chi connectivity index (χ3n) is 8.73. The minimum absolute atomic E-state index is 0.136. The first-order chi connectivity index (χ1) is 20.0. The number of rotatable bonds is 7. The van der Waals surface area contributed by atoms with Gasteiger partial charge in [-0.05, 0) is 57.0 Å². The molecule has 2 fully saturated rings. The Morgan fingerprint density at radius 3 is 2.59 bits per heavy atom. The molecule has 1 amide bonds. The number of benzene rings is 2. The second-order valence-corrected chi connectivity index (χ2v) is 11.6. The van der Waals surface area contributed by atoms with Gasteiger partial charge in [-0.3, -0.25) is 14.8 Å². The highest BCUT2D eigenvalue weighted by Crippen LogP contribution is 2.38. The Balaban J connectivity index is 1.15. The molecular formula is C30H38N10O. The molecule has 4 aromatic rings. The highest BCUT2D eigenvalue weighted by Gasteiger charge is 2.29. The third-order valence-corrected chi connectivity index (χ3v) is 8.73. The van der Waals surface area contributed by atoms with Crippen LogP contribution in [0.3, 0.4) is 0 Å². The number of carbonyl (C=O) groups is 1. The quantitative estimate of drug-likeness (QED) is 0.219. The SMILES string of the molecule is CC(C)N1CCN(c2cc3c(cc2C(=O)Nc2ccc4cn[nH]c4c2)NC(Nc2nccn2C2CCCC2)N3)CC1.